The van der Waals surface area contributed by atoms with E-state index in [1.165, 1.54) is 4.90 Å². The van der Waals surface area contributed by atoms with Crippen molar-refractivity contribution >= 4 is 12.1 Å². The van der Waals surface area contributed by atoms with Crippen LogP contribution < -0.4 is 0 Å². The molecule has 0 aromatic heterocycles. The summed E-state index contributed by atoms with van der Waals surface area (Å²) in [7, 11) is 0. The van der Waals surface area contributed by atoms with Crippen molar-refractivity contribution in [3.63, 3.8) is 0 Å². The van der Waals surface area contributed by atoms with E-state index in [0.29, 0.717) is 26.0 Å². The van der Waals surface area contributed by atoms with E-state index in [1.807, 2.05) is 0 Å². The lowest BCUT2D eigenvalue weighted by atomic mass is 10.1. The van der Waals surface area contributed by atoms with Crippen molar-refractivity contribution in [1.29, 1.82) is 0 Å². The van der Waals surface area contributed by atoms with E-state index in [2.05, 4.69) is 0 Å². The lowest BCUT2D eigenvalue weighted by Gasteiger charge is -2.34. The van der Waals surface area contributed by atoms with Gasteiger partial charge in [0, 0.05) is 19.6 Å². The molecule has 18 heavy (non-hydrogen) atoms. The van der Waals surface area contributed by atoms with Crippen LogP contribution in [0.25, 0.3) is 0 Å². The Hall–Kier alpha value is -1.30. The van der Waals surface area contributed by atoms with Gasteiger partial charge in [0.1, 0.15) is 0 Å². The molecular weight excluding hydrogens is 238 g/mol. The Labute approximate surface area is 107 Å². The van der Waals surface area contributed by atoms with E-state index in [-0.39, 0.29) is 13.2 Å². The molecule has 6 nitrogen and oxygen atoms in total. The molecule has 0 saturated carbocycles. The smallest absolute Gasteiger partial charge is 0.412 e. The van der Waals surface area contributed by atoms with Gasteiger partial charge >= 0.3 is 12.1 Å². The first-order valence-corrected chi connectivity index (χ1v) is 6.37. The molecule has 6 heteroatoms. The van der Waals surface area contributed by atoms with Gasteiger partial charge in [-0.3, -0.25) is 4.90 Å². The van der Waals surface area contributed by atoms with Crippen molar-refractivity contribution in [2.75, 3.05) is 26.4 Å². The minimum atomic E-state index is -1.31. The van der Waals surface area contributed by atoms with E-state index in [4.69, 9.17) is 14.2 Å². The number of likely N-dealkylation sites (tertiary alicyclic amines) is 1. The second-order valence-corrected chi connectivity index (χ2v) is 3.89. The van der Waals surface area contributed by atoms with Crippen LogP contribution >= 0.6 is 0 Å². The van der Waals surface area contributed by atoms with Crippen LogP contribution in [0.15, 0.2) is 0 Å². The van der Waals surface area contributed by atoms with Crippen LogP contribution in [0.3, 0.4) is 0 Å². The Bertz CT molecular complexity index is 307. The predicted molar refractivity (Wildman–Crippen MR) is 64.0 cm³/mol. The zero-order chi connectivity index (χ0) is 13.6. The Morgan fingerprint density at radius 2 is 1.78 bits per heavy atom. The second-order valence-electron chi connectivity index (χ2n) is 3.89. The number of hydrogen-bond acceptors (Lipinski definition) is 5. The molecule has 1 fully saturated rings. The number of hydrogen-bond donors (Lipinski definition) is 0. The summed E-state index contributed by atoms with van der Waals surface area (Å²) in [6.07, 6.45) is 0.604. The average Bonchev–Trinajstić information content (AvgIpc) is 2.75. The van der Waals surface area contributed by atoms with Crippen molar-refractivity contribution < 1.29 is 23.8 Å². The van der Waals surface area contributed by atoms with Gasteiger partial charge in [0.2, 0.25) is 5.72 Å². The Morgan fingerprint density at radius 1 is 1.11 bits per heavy atom. The van der Waals surface area contributed by atoms with E-state index < -0.39 is 17.8 Å². The van der Waals surface area contributed by atoms with E-state index >= 15 is 0 Å². The number of nitrogens with zero attached hydrogens (tertiary/aromatic N) is 1. The summed E-state index contributed by atoms with van der Waals surface area (Å²) in [6, 6.07) is 0. The van der Waals surface area contributed by atoms with Crippen LogP contribution in [0.1, 0.15) is 33.6 Å². The van der Waals surface area contributed by atoms with Crippen molar-refractivity contribution in [3.8, 4) is 0 Å². The standard InChI is InChI=1S/C12H21NO5/c1-4-16-10(14)12(18-6-3)8-7-9-13(12)11(15)17-5-2/h4-9H2,1-3H3/t12-/m1/s1. The van der Waals surface area contributed by atoms with Crippen LogP contribution in [0, 0.1) is 0 Å². The van der Waals surface area contributed by atoms with Gasteiger partial charge in [0.25, 0.3) is 0 Å². The molecule has 104 valence electrons. The molecule has 1 aliphatic rings. The first-order valence-electron chi connectivity index (χ1n) is 6.37. The summed E-state index contributed by atoms with van der Waals surface area (Å²) in [5.74, 6) is -0.516. The molecule has 0 N–H and O–H groups in total. The molecular formula is C12H21NO5. The molecule has 0 radical (unpaired) electrons. The minimum Gasteiger partial charge on any atom is -0.462 e. The molecule has 0 unspecified atom stereocenters. The van der Waals surface area contributed by atoms with Gasteiger partial charge in [0.15, 0.2) is 0 Å². The lowest BCUT2D eigenvalue weighted by Crippen LogP contribution is -2.56. The van der Waals surface area contributed by atoms with Crippen LogP contribution in [0.5, 0.6) is 0 Å². The molecule has 0 aliphatic carbocycles. The number of esters is 1. The third-order valence-corrected chi connectivity index (χ3v) is 2.80. The zero-order valence-electron chi connectivity index (χ0n) is 11.2. The minimum absolute atomic E-state index is 0.254. The molecule has 0 aromatic rings. The molecule has 1 saturated heterocycles. The summed E-state index contributed by atoms with van der Waals surface area (Å²) in [4.78, 5) is 25.3. The summed E-state index contributed by atoms with van der Waals surface area (Å²) in [5.41, 5.74) is -1.31. The number of ether oxygens (including phenoxy) is 3. The van der Waals surface area contributed by atoms with E-state index in [0.717, 1.165) is 0 Å². The van der Waals surface area contributed by atoms with Crippen molar-refractivity contribution in [1.82, 2.24) is 4.90 Å². The first-order chi connectivity index (χ1) is 8.62. The van der Waals surface area contributed by atoms with Crippen molar-refractivity contribution in [3.05, 3.63) is 0 Å². The van der Waals surface area contributed by atoms with Gasteiger partial charge in [0.05, 0.1) is 13.2 Å². The molecule has 1 rings (SSSR count). The molecule has 1 heterocycles. The highest BCUT2D eigenvalue weighted by molar-refractivity contribution is 5.85. The number of amides is 1. The van der Waals surface area contributed by atoms with Crippen LogP contribution in [-0.2, 0) is 19.0 Å². The average molecular weight is 259 g/mol. The maximum Gasteiger partial charge on any atom is 0.412 e. The SMILES string of the molecule is CCOC(=O)N1CCC[C@@]1(OCC)C(=O)OCC. The van der Waals surface area contributed by atoms with Crippen molar-refractivity contribution in [2.45, 2.75) is 39.3 Å². The Morgan fingerprint density at radius 3 is 2.33 bits per heavy atom. The zero-order valence-corrected chi connectivity index (χ0v) is 11.2. The summed E-state index contributed by atoms with van der Waals surface area (Å²) in [6.45, 7) is 6.52. The highest BCUT2D eigenvalue weighted by Crippen LogP contribution is 2.32. The van der Waals surface area contributed by atoms with E-state index in [1.54, 1.807) is 20.8 Å². The van der Waals surface area contributed by atoms with E-state index in [9.17, 15) is 9.59 Å². The molecule has 1 aliphatic heterocycles. The Kier molecular flexibility index (Phi) is 5.40. The third-order valence-electron chi connectivity index (χ3n) is 2.80. The maximum atomic E-state index is 12.1. The number of rotatable bonds is 5. The van der Waals surface area contributed by atoms with Crippen LogP contribution in [0.4, 0.5) is 4.79 Å². The summed E-state index contributed by atoms with van der Waals surface area (Å²) < 4.78 is 15.5. The van der Waals surface area contributed by atoms with Gasteiger partial charge in [-0.05, 0) is 27.2 Å². The summed E-state index contributed by atoms with van der Waals surface area (Å²) in [5, 5.41) is 0. The normalized spacial score (nSPS) is 22.9. The lowest BCUT2D eigenvalue weighted by molar-refractivity contribution is -0.190. The first kappa shape index (κ1) is 14.8. The third kappa shape index (κ3) is 2.75. The van der Waals surface area contributed by atoms with Gasteiger partial charge in [-0.25, -0.2) is 9.59 Å². The highest BCUT2D eigenvalue weighted by Gasteiger charge is 2.53. The van der Waals surface area contributed by atoms with Crippen LogP contribution in [-0.4, -0.2) is 49.1 Å². The van der Waals surface area contributed by atoms with Crippen molar-refractivity contribution in [2.24, 2.45) is 0 Å². The molecule has 0 bridgehead atoms. The fraction of sp³-hybridized carbons (Fsp3) is 0.833. The number of carbonyl (C=O) groups is 2. The molecule has 0 spiro atoms. The Balaban J connectivity index is 2.92. The van der Waals surface area contributed by atoms with Crippen LogP contribution in [0.2, 0.25) is 0 Å². The summed E-state index contributed by atoms with van der Waals surface area (Å²) >= 11 is 0. The fourth-order valence-electron chi connectivity index (χ4n) is 2.14. The second kappa shape index (κ2) is 6.58. The van der Waals surface area contributed by atoms with Gasteiger partial charge in [-0.1, -0.05) is 0 Å². The quantitative estimate of drug-likeness (QED) is 0.701. The predicted octanol–water partition coefficient (Wildman–Crippen LogP) is 1.53. The molecule has 1 amide bonds. The largest absolute Gasteiger partial charge is 0.462 e. The topological polar surface area (TPSA) is 65.1 Å². The van der Waals surface area contributed by atoms with Gasteiger partial charge in [-0.2, -0.15) is 0 Å². The number of carbonyl (C=O) groups excluding carboxylic acids is 2. The van der Waals surface area contributed by atoms with Gasteiger partial charge in [-0.15, -0.1) is 0 Å². The van der Waals surface area contributed by atoms with Gasteiger partial charge < -0.3 is 14.2 Å². The molecule has 1 atom stereocenters. The molecule has 0 aromatic carbocycles. The fourth-order valence-corrected chi connectivity index (χ4v) is 2.14. The monoisotopic (exact) mass is 259 g/mol. The maximum absolute atomic E-state index is 12.1. The highest BCUT2D eigenvalue weighted by atomic mass is 16.6.